The Kier molecular flexibility index (Phi) is 3.22. The van der Waals surface area contributed by atoms with E-state index < -0.39 is 0 Å². The Balaban J connectivity index is 1.92. The third-order valence-corrected chi connectivity index (χ3v) is 3.86. The van der Waals surface area contributed by atoms with Gasteiger partial charge in [0.05, 0.1) is 11.2 Å². The van der Waals surface area contributed by atoms with Gasteiger partial charge in [0, 0.05) is 28.6 Å². The number of hydrogen-bond acceptors (Lipinski definition) is 3. The van der Waals surface area contributed by atoms with Crippen molar-refractivity contribution in [3.05, 3.63) is 34.9 Å². The largest absolute Gasteiger partial charge is 0.379 e. The van der Waals surface area contributed by atoms with Crippen molar-refractivity contribution in [3.8, 4) is 0 Å². The molecule has 18 heavy (non-hydrogen) atoms. The molecule has 2 heterocycles. The number of nitrogens with zero attached hydrogens (tertiary/aromatic N) is 2. The Morgan fingerprint density at radius 3 is 3.11 bits per heavy atom. The van der Waals surface area contributed by atoms with Gasteiger partial charge in [0.15, 0.2) is 0 Å². The first-order chi connectivity index (χ1) is 8.72. The van der Waals surface area contributed by atoms with E-state index in [4.69, 9.17) is 0 Å². The molecule has 0 radical (unpaired) electrons. The molecule has 94 valence electrons. The van der Waals surface area contributed by atoms with E-state index in [2.05, 4.69) is 62.4 Å². The Morgan fingerprint density at radius 2 is 2.33 bits per heavy atom. The molecule has 3 nitrogen and oxygen atoms in total. The molecular weight excluding hydrogens is 290 g/mol. The van der Waals surface area contributed by atoms with Gasteiger partial charge in [0.1, 0.15) is 0 Å². The van der Waals surface area contributed by atoms with E-state index in [0.717, 1.165) is 22.2 Å². The van der Waals surface area contributed by atoms with E-state index in [1.165, 1.54) is 18.4 Å². The van der Waals surface area contributed by atoms with Crippen LogP contribution in [0, 0.1) is 0 Å². The molecule has 0 bridgehead atoms. The number of pyridine rings is 1. The van der Waals surface area contributed by atoms with Crippen molar-refractivity contribution >= 4 is 32.5 Å². The standard InChI is InChI=1S/C14H16BrN3/c1-18-6-5-12(9-18)17-13-4-2-3-10-7-11(15)8-16-14(10)13/h2-4,7-8,12,17H,5-6,9H2,1H3. The van der Waals surface area contributed by atoms with Crippen LogP contribution in [0.3, 0.4) is 0 Å². The fourth-order valence-electron chi connectivity index (χ4n) is 2.52. The first kappa shape index (κ1) is 11.9. The maximum atomic E-state index is 4.52. The molecule has 1 atom stereocenters. The number of fused-ring (bicyclic) bond motifs is 1. The number of likely N-dealkylation sites (tertiary alicyclic amines) is 1. The molecule has 1 aromatic carbocycles. The SMILES string of the molecule is CN1CCC(Nc2cccc3cc(Br)cnc23)C1. The van der Waals surface area contributed by atoms with Crippen molar-refractivity contribution in [1.82, 2.24) is 9.88 Å². The second kappa shape index (κ2) is 4.86. The normalized spacial score (nSPS) is 20.4. The van der Waals surface area contributed by atoms with Crippen LogP contribution in [0.5, 0.6) is 0 Å². The molecule has 1 aliphatic heterocycles. The molecule has 2 aromatic rings. The topological polar surface area (TPSA) is 28.2 Å². The minimum Gasteiger partial charge on any atom is -0.379 e. The van der Waals surface area contributed by atoms with Gasteiger partial charge >= 0.3 is 0 Å². The molecule has 0 saturated carbocycles. The van der Waals surface area contributed by atoms with Crippen molar-refractivity contribution < 1.29 is 0 Å². The molecule has 0 amide bonds. The lowest BCUT2D eigenvalue weighted by Gasteiger charge is -2.15. The second-order valence-corrected chi connectivity index (χ2v) is 5.84. The smallest absolute Gasteiger partial charge is 0.0934 e. The van der Waals surface area contributed by atoms with Gasteiger partial charge in [0.25, 0.3) is 0 Å². The Hall–Kier alpha value is -1.13. The molecule has 3 rings (SSSR count). The molecule has 1 saturated heterocycles. The summed E-state index contributed by atoms with van der Waals surface area (Å²) in [7, 11) is 2.17. The van der Waals surface area contributed by atoms with Gasteiger partial charge in [-0.3, -0.25) is 4.98 Å². The van der Waals surface area contributed by atoms with Crippen molar-refractivity contribution in [1.29, 1.82) is 0 Å². The number of rotatable bonds is 2. The zero-order valence-electron chi connectivity index (χ0n) is 10.4. The fourth-order valence-corrected chi connectivity index (χ4v) is 2.87. The quantitative estimate of drug-likeness (QED) is 0.924. The van der Waals surface area contributed by atoms with Gasteiger partial charge in [-0.05, 0) is 48.1 Å². The minimum atomic E-state index is 0.533. The lowest BCUT2D eigenvalue weighted by molar-refractivity contribution is 0.414. The summed E-state index contributed by atoms with van der Waals surface area (Å²) >= 11 is 3.46. The van der Waals surface area contributed by atoms with Crippen molar-refractivity contribution in [2.24, 2.45) is 0 Å². The summed E-state index contributed by atoms with van der Waals surface area (Å²) in [4.78, 5) is 6.87. The van der Waals surface area contributed by atoms with Crippen LogP contribution in [0.1, 0.15) is 6.42 Å². The molecule has 1 N–H and O–H groups in total. The molecule has 0 aliphatic carbocycles. The molecule has 4 heteroatoms. The molecule has 1 aromatic heterocycles. The van der Waals surface area contributed by atoms with Gasteiger partial charge < -0.3 is 10.2 Å². The highest BCUT2D eigenvalue weighted by atomic mass is 79.9. The number of halogens is 1. The second-order valence-electron chi connectivity index (χ2n) is 4.92. The van der Waals surface area contributed by atoms with Crippen LogP contribution in [0.4, 0.5) is 5.69 Å². The third kappa shape index (κ3) is 2.35. The highest BCUT2D eigenvalue weighted by Crippen LogP contribution is 2.25. The van der Waals surface area contributed by atoms with Crippen molar-refractivity contribution in [2.75, 3.05) is 25.5 Å². The highest BCUT2D eigenvalue weighted by Gasteiger charge is 2.19. The minimum absolute atomic E-state index is 0.533. The van der Waals surface area contributed by atoms with E-state index >= 15 is 0 Å². The van der Waals surface area contributed by atoms with Gasteiger partial charge in [-0.25, -0.2) is 0 Å². The van der Waals surface area contributed by atoms with Crippen LogP contribution in [-0.4, -0.2) is 36.1 Å². The molecule has 1 aliphatic rings. The van der Waals surface area contributed by atoms with E-state index in [1.54, 1.807) is 0 Å². The average molecular weight is 306 g/mol. The van der Waals surface area contributed by atoms with E-state index in [1.807, 2.05) is 6.20 Å². The number of aromatic nitrogens is 1. The fraction of sp³-hybridized carbons (Fsp3) is 0.357. The lowest BCUT2D eigenvalue weighted by atomic mass is 10.1. The molecule has 1 unspecified atom stereocenters. The van der Waals surface area contributed by atoms with E-state index in [0.29, 0.717) is 6.04 Å². The van der Waals surface area contributed by atoms with Crippen LogP contribution < -0.4 is 5.32 Å². The summed E-state index contributed by atoms with van der Waals surface area (Å²) in [5.41, 5.74) is 2.19. The van der Waals surface area contributed by atoms with E-state index in [-0.39, 0.29) is 0 Å². The lowest BCUT2D eigenvalue weighted by Crippen LogP contribution is -2.23. The van der Waals surface area contributed by atoms with Crippen LogP contribution in [-0.2, 0) is 0 Å². The zero-order valence-corrected chi connectivity index (χ0v) is 11.9. The molecular formula is C14H16BrN3. The Labute approximate surface area is 115 Å². The van der Waals surface area contributed by atoms with Crippen molar-refractivity contribution in [3.63, 3.8) is 0 Å². The van der Waals surface area contributed by atoms with Gasteiger partial charge in [-0.2, -0.15) is 0 Å². The maximum absolute atomic E-state index is 4.52. The highest BCUT2D eigenvalue weighted by molar-refractivity contribution is 9.10. The first-order valence-corrected chi connectivity index (χ1v) is 7.01. The van der Waals surface area contributed by atoms with E-state index in [9.17, 15) is 0 Å². The van der Waals surface area contributed by atoms with Crippen LogP contribution in [0.25, 0.3) is 10.9 Å². The van der Waals surface area contributed by atoms with Gasteiger partial charge in [-0.1, -0.05) is 12.1 Å². The third-order valence-electron chi connectivity index (χ3n) is 3.43. The molecule has 0 spiro atoms. The number of likely N-dealkylation sites (N-methyl/N-ethyl adjacent to an activating group) is 1. The summed E-state index contributed by atoms with van der Waals surface area (Å²) in [6.45, 7) is 2.27. The number of hydrogen-bond donors (Lipinski definition) is 1. The maximum Gasteiger partial charge on any atom is 0.0934 e. The summed E-state index contributed by atoms with van der Waals surface area (Å²) in [5, 5.41) is 4.78. The summed E-state index contributed by atoms with van der Waals surface area (Å²) in [6, 6.07) is 8.93. The average Bonchev–Trinajstić information content (AvgIpc) is 2.75. The summed E-state index contributed by atoms with van der Waals surface area (Å²) < 4.78 is 1.02. The predicted molar refractivity (Wildman–Crippen MR) is 79.0 cm³/mol. The number of para-hydroxylation sites is 1. The van der Waals surface area contributed by atoms with Crippen LogP contribution in [0.2, 0.25) is 0 Å². The summed E-state index contributed by atoms with van der Waals surface area (Å²) in [5.74, 6) is 0. The molecule has 1 fully saturated rings. The number of nitrogens with one attached hydrogen (secondary N) is 1. The number of benzene rings is 1. The van der Waals surface area contributed by atoms with Crippen LogP contribution >= 0.6 is 15.9 Å². The monoisotopic (exact) mass is 305 g/mol. The van der Waals surface area contributed by atoms with Crippen molar-refractivity contribution in [2.45, 2.75) is 12.5 Å². The number of anilines is 1. The zero-order chi connectivity index (χ0) is 12.5. The summed E-state index contributed by atoms with van der Waals surface area (Å²) in [6.07, 6.45) is 3.05. The first-order valence-electron chi connectivity index (χ1n) is 6.22. The Bertz CT molecular complexity index is 570. The van der Waals surface area contributed by atoms with Gasteiger partial charge in [-0.15, -0.1) is 0 Å². The van der Waals surface area contributed by atoms with Gasteiger partial charge in [0.2, 0.25) is 0 Å². The van der Waals surface area contributed by atoms with Crippen LogP contribution in [0.15, 0.2) is 34.9 Å². The predicted octanol–water partition coefficient (Wildman–Crippen LogP) is 3.11. The Morgan fingerprint density at radius 1 is 1.44 bits per heavy atom.